The molecule has 0 heterocycles. The van der Waals surface area contributed by atoms with Crippen molar-refractivity contribution in [1.82, 2.24) is 0 Å². The zero-order chi connectivity index (χ0) is 28.6. The molecular formula is C27H28F3NO6S. The monoisotopic (exact) mass is 551 g/mol. The van der Waals surface area contributed by atoms with Gasteiger partial charge in [0.25, 0.3) is 15.8 Å². The maximum absolute atomic E-state index is 13.5. The van der Waals surface area contributed by atoms with Crippen LogP contribution < -0.4 is 4.72 Å². The van der Waals surface area contributed by atoms with Crippen molar-refractivity contribution in [2.45, 2.75) is 63.1 Å². The number of ether oxygens (including phenoxy) is 1. The van der Waals surface area contributed by atoms with Crippen molar-refractivity contribution in [3.8, 4) is 5.75 Å². The predicted octanol–water partition coefficient (Wildman–Crippen LogP) is 5.81. The number of rotatable bonds is 7. The number of Topliss-reactive ketones (excluding diaryl/α,β-unsaturated/α-hetero) is 1. The minimum atomic E-state index is -5.44. The van der Waals surface area contributed by atoms with Crippen molar-refractivity contribution >= 4 is 38.2 Å². The molecule has 0 aliphatic rings. The normalized spacial score (nSPS) is 13.4. The second-order valence-corrected chi connectivity index (χ2v) is 11.8. The Hall–Kier alpha value is -3.60. The average molecular weight is 552 g/mol. The highest BCUT2D eigenvalue weighted by molar-refractivity contribution is 7.92. The number of anilines is 1. The molecule has 7 nitrogen and oxygen atoms in total. The average Bonchev–Trinajstić information content (AvgIpc) is 2.80. The van der Waals surface area contributed by atoms with E-state index in [1.807, 2.05) is 20.8 Å². The van der Waals surface area contributed by atoms with Crippen LogP contribution in [0.3, 0.4) is 0 Å². The van der Waals surface area contributed by atoms with Crippen LogP contribution in [0.2, 0.25) is 0 Å². The van der Waals surface area contributed by atoms with Crippen molar-refractivity contribution in [2.75, 3.05) is 4.72 Å². The number of aromatic hydroxyl groups is 1. The molecule has 1 atom stereocenters. The molecule has 0 bridgehead atoms. The summed E-state index contributed by atoms with van der Waals surface area (Å²) >= 11 is 0. The highest BCUT2D eigenvalue weighted by Gasteiger charge is 2.49. The summed E-state index contributed by atoms with van der Waals surface area (Å²) in [5.74, 6) is -7.34. The first-order valence-corrected chi connectivity index (χ1v) is 13.1. The number of nitrogens with one attached hydrogen (secondary N) is 1. The van der Waals surface area contributed by atoms with E-state index in [0.29, 0.717) is 0 Å². The molecule has 38 heavy (non-hydrogen) atoms. The topological polar surface area (TPSA) is 110 Å². The van der Waals surface area contributed by atoms with Gasteiger partial charge >= 0.3 is 12.1 Å². The molecule has 11 heteroatoms. The molecule has 0 aromatic heterocycles. The van der Waals surface area contributed by atoms with Crippen LogP contribution in [0.15, 0.2) is 59.5 Å². The lowest BCUT2D eigenvalue weighted by molar-refractivity contribution is -0.178. The SMILES string of the molecule is CC(C)OC(=O)[C@@H](C(=O)C(F)(F)F)c1cc(NS(=O)(=O)c2ccc(C(C)(C)C)cc2)c2ccccc2c1O. The van der Waals surface area contributed by atoms with Crippen LogP contribution in [0.5, 0.6) is 5.75 Å². The van der Waals surface area contributed by atoms with Crippen molar-refractivity contribution in [1.29, 1.82) is 0 Å². The van der Waals surface area contributed by atoms with E-state index >= 15 is 0 Å². The molecule has 204 valence electrons. The van der Waals surface area contributed by atoms with Gasteiger partial charge in [-0.15, -0.1) is 0 Å². The van der Waals surface area contributed by atoms with Crippen LogP contribution in [0.1, 0.15) is 51.7 Å². The number of sulfonamides is 1. The van der Waals surface area contributed by atoms with Gasteiger partial charge < -0.3 is 9.84 Å². The standard InChI is InChI=1S/C27H28F3NO6S/c1-15(2)37-25(34)22(24(33)27(28,29)30)20-14-21(18-8-6-7-9-19(18)23(20)32)31-38(35,36)17-12-10-16(11-13-17)26(3,4)5/h6-15,22,31-32H,1-5H3/t22-/m1/s1. The first-order chi connectivity index (χ1) is 17.4. The highest BCUT2D eigenvalue weighted by atomic mass is 32.2. The quantitative estimate of drug-likeness (QED) is 0.218. The third-order valence-electron chi connectivity index (χ3n) is 5.76. The predicted molar refractivity (Wildman–Crippen MR) is 137 cm³/mol. The number of halogens is 3. The van der Waals surface area contributed by atoms with E-state index in [-0.39, 0.29) is 26.8 Å². The third-order valence-corrected chi connectivity index (χ3v) is 7.14. The number of phenols is 1. The molecule has 0 aliphatic heterocycles. The van der Waals surface area contributed by atoms with E-state index in [4.69, 9.17) is 4.74 Å². The second-order valence-electron chi connectivity index (χ2n) is 10.1. The Morgan fingerprint density at radius 2 is 1.50 bits per heavy atom. The molecule has 0 saturated carbocycles. The van der Waals surface area contributed by atoms with Gasteiger partial charge in [-0.3, -0.25) is 14.3 Å². The molecule has 0 aliphatic carbocycles. The number of fused-ring (bicyclic) bond motifs is 1. The number of ketones is 1. The van der Waals surface area contributed by atoms with Crippen LogP contribution >= 0.6 is 0 Å². The van der Waals surface area contributed by atoms with E-state index in [9.17, 15) is 36.3 Å². The minimum Gasteiger partial charge on any atom is -0.507 e. The zero-order valence-electron chi connectivity index (χ0n) is 21.4. The molecule has 0 fully saturated rings. The molecule has 3 rings (SSSR count). The largest absolute Gasteiger partial charge is 0.507 e. The lowest BCUT2D eigenvalue weighted by Gasteiger charge is -2.22. The summed E-state index contributed by atoms with van der Waals surface area (Å²) in [5.41, 5.74) is -0.323. The maximum atomic E-state index is 13.5. The summed E-state index contributed by atoms with van der Waals surface area (Å²) in [7, 11) is -4.27. The first kappa shape index (κ1) is 29.0. The van der Waals surface area contributed by atoms with Crippen LogP contribution in [-0.2, 0) is 29.8 Å². The van der Waals surface area contributed by atoms with Gasteiger partial charge in [-0.05, 0) is 43.0 Å². The number of alkyl halides is 3. The van der Waals surface area contributed by atoms with Gasteiger partial charge in [-0.2, -0.15) is 13.2 Å². The molecule has 0 unspecified atom stereocenters. The summed E-state index contributed by atoms with van der Waals surface area (Å²) < 4.78 is 74.1. The van der Waals surface area contributed by atoms with Crippen LogP contribution in [0.25, 0.3) is 10.8 Å². The van der Waals surface area contributed by atoms with E-state index < -0.39 is 51.3 Å². The second kappa shape index (κ2) is 10.3. The number of carbonyl (C=O) groups excluding carboxylic acids is 2. The Bertz CT molecular complexity index is 1470. The zero-order valence-corrected chi connectivity index (χ0v) is 22.2. The molecular weight excluding hydrogens is 523 g/mol. The summed E-state index contributed by atoms with van der Waals surface area (Å²) in [4.78, 5) is 24.9. The molecule has 0 radical (unpaired) electrons. The van der Waals surface area contributed by atoms with Gasteiger partial charge in [0.15, 0.2) is 5.92 Å². The number of esters is 1. The Labute approximate surface area is 218 Å². The summed E-state index contributed by atoms with van der Waals surface area (Å²) in [6.07, 6.45) is -6.30. The Morgan fingerprint density at radius 3 is 2.00 bits per heavy atom. The fourth-order valence-electron chi connectivity index (χ4n) is 3.86. The summed E-state index contributed by atoms with van der Waals surface area (Å²) in [6.45, 7) is 8.65. The smallest absolute Gasteiger partial charge is 0.451 e. The van der Waals surface area contributed by atoms with Crippen molar-refractivity contribution in [3.63, 3.8) is 0 Å². The molecule has 3 aromatic rings. The van der Waals surface area contributed by atoms with Crippen LogP contribution in [-0.4, -0.2) is 37.6 Å². The first-order valence-electron chi connectivity index (χ1n) is 11.6. The summed E-state index contributed by atoms with van der Waals surface area (Å²) in [6, 6.07) is 12.7. The van der Waals surface area contributed by atoms with Gasteiger partial charge in [-0.1, -0.05) is 57.2 Å². The van der Waals surface area contributed by atoms with E-state index in [2.05, 4.69) is 4.72 Å². The lowest BCUT2D eigenvalue weighted by Crippen LogP contribution is -2.35. The number of carbonyl (C=O) groups is 2. The van der Waals surface area contributed by atoms with Crippen LogP contribution in [0, 0.1) is 0 Å². The molecule has 2 N–H and O–H groups in total. The van der Waals surface area contributed by atoms with Crippen molar-refractivity contribution in [2.24, 2.45) is 0 Å². The van der Waals surface area contributed by atoms with Gasteiger partial charge in [0.2, 0.25) is 0 Å². The van der Waals surface area contributed by atoms with E-state index in [1.54, 1.807) is 12.1 Å². The fourth-order valence-corrected chi connectivity index (χ4v) is 4.93. The Kier molecular flexibility index (Phi) is 7.84. The maximum Gasteiger partial charge on any atom is 0.451 e. The molecule has 3 aromatic carbocycles. The Morgan fingerprint density at radius 1 is 0.947 bits per heavy atom. The fraction of sp³-hybridized carbons (Fsp3) is 0.333. The Balaban J connectivity index is 2.20. The molecule has 0 spiro atoms. The van der Waals surface area contributed by atoms with Crippen molar-refractivity contribution in [3.05, 3.63) is 65.7 Å². The van der Waals surface area contributed by atoms with E-state index in [1.165, 1.54) is 50.2 Å². The van der Waals surface area contributed by atoms with Gasteiger partial charge in [0.05, 0.1) is 16.7 Å². The van der Waals surface area contributed by atoms with Gasteiger partial charge in [-0.25, -0.2) is 8.42 Å². The minimum absolute atomic E-state index is 0.0666. The van der Waals surface area contributed by atoms with Gasteiger partial charge in [0.1, 0.15) is 5.75 Å². The number of hydrogen-bond donors (Lipinski definition) is 2. The number of benzene rings is 3. The van der Waals surface area contributed by atoms with Crippen molar-refractivity contribution < 1.29 is 41.0 Å². The lowest BCUT2D eigenvalue weighted by atomic mass is 9.87. The molecule has 0 amide bonds. The summed E-state index contributed by atoms with van der Waals surface area (Å²) in [5, 5.41) is 10.9. The third kappa shape index (κ3) is 6.09. The number of phenolic OH excluding ortho intramolecular Hbond substituents is 1. The van der Waals surface area contributed by atoms with Crippen LogP contribution in [0.4, 0.5) is 18.9 Å². The van der Waals surface area contributed by atoms with Gasteiger partial charge in [0, 0.05) is 16.3 Å². The number of hydrogen-bond acceptors (Lipinski definition) is 6. The van der Waals surface area contributed by atoms with E-state index in [0.717, 1.165) is 11.6 Å². The molecule has 0 saturated heterocycles. The highest BCUT2D eigenvalue weighted by Crippen LogP contribution is 2.41.